The zero-order valence-electron chi connectivity index (χ0n) is 21.3. The van der Waals surface area contributed by atoms with Crippen LogP contribution in [0, 0.1) is 0 Å². The van der Waals surface area contributed by atoms with Crippen molar-refractivity contribution in [3.63, 3.8) is 0 Å². The highest BCUT2D eigenvalue weighted by Gasteiger charge is 2.35. The highest BCUT2D eigenvalue weighted by Crippen LogP contribution is 2.23. The van der Waals surface area contributed by atoms with Gasteiger partial charge in [0.2, 0.25) is 11.8 Å². The summed E-state index contributed by atoms with van der Waals surface area (Å²) in [5, 5.41) is 2.95. The van der Waals surface area contributed by atoms with Crippen molar-refractivity contribution < 1.29 is 23.9 Å². The van der Waals surface area contributed by atoms with Gasteiger partial charge in [-0.1, -0.05) is 44.5 Å². The van der Waals surface area contributed by atoms with Crippen molar-refractivity contribution >= 4 is 23.6 Å². The number of nitrogens with zero attached hydrogens (tertiary/aromatic N) is 2. The molecule has 0 fully saturated rings. The Morgan fingerprint density at radius 1 is 1.00 bits per heavy atom. The number of benzene rings is 2. The maximum Gasteiger partial charge on any atom is 0.261 e. The lowest BCUT2D eigenvalue weighted by molar-refractivity contribution is -0.141. The molecule has 1 N–H and O–H groups in total. The molecule has 192 valence electrons. The molecule has 2 aromatic rings. The molecule has 8 nitrogen and oxygen atoms in total. The third-order valence-electron chi connectivity index (χ3n) is 6.35. The lowest BCUT2D eigenvalue weighted by Gasteiger charge is -2.31. The zero-order chi connectivity index (χ0) is 26.1. The zero-order valence-corrected chi connectivity index (χ0v) is 21.3. The second-order valence-corrected chi connectivity index (χ2v) is 8.85. The first kappa shape index (κ1) is 26.9. The molecule has 1 heterocycles. The molecule has 8 heteroatoms. The largest absolute Gasteiger partial charge is 0.497 e. The van der Waals surface area contributed by atoms with E-state index in [1.807, 2.05) is 31.2 Å². The van der Waals surface area contributed by atoms with Gasteiger partial charge in [-0.3, -0.25) is 24.1 Å². The minimum Gasteiger partial charge on any atom is -0.497 e. The van der Waals surface area contributed by atoms with Crippen LogP contribution in [0.3, 0.4) is 0 Å². The summed E-state index contributed by atoms with van der Waals surface area (Å²) in [6, 6.07) is 13.5. The number of hydrogen-bond donors (Lipinski definition) is 1. The van der Waals surface area contributed by atoms with Crippen molar-refractivity contribution in [1.29, 1.82) is 0 Å². The van der Waals surface area contributed by atoms with Crippen molar-refractivity contribution in [3.05, 3.63) is 65.2 Å². The molecule has 0 saturated heterocycles. The van der Waals surface area contributed by atoms with Gasteiger partial charge in [0.25, 0.3) is 11.8 Å². The molecular weight excluding hydrogens is 458 g/mol. The SMILES string of the molecule is CCCCNC(=O)[C@H](CC)N(Cc1cccc(OC)c1)C(=O)CCCN1C(=O)c2ccccc2C1=O. The summed E-state index contributed by atoms with van der Waals surface area (Å²) in [5.74, 6) is -0.378. The quantitative estimate of drug-likeness (QED) is 0.338. The predicted octanol–water partition coefficient (Wildman–Crippen LogP) is 3.80. The van der Waals surface area contributed by atoms with Crippen LogP contribution in [0.1, 0.15) is 72.2 Å². The molecule has 3 rings (SSSR count). The molecule has 0 aliphatic carbocycles. The smallest absolute Gasteiger partial charge is 0.261 e. The number of unbranched alkanes of at least 4 members (excludes halogenated alkanes) is 1. The molecule has 0 radical (unpaired) electrons. The van der Waals surface area contributed by atoms with Crippen LogP contribution < -0.4 is 10.1 Å². The molecule has 0 spiro atoms. The Bertz CT molecular complexity index is 1070. The lowest BCUT2D eigenvalue weighted by Crippen LogP contribution is -2.49. The Kier molecular flexibility index (Phi) is 9.61. The van der Waals surface area contributed by atoms with E-state index in [4.69, 9.17) is 4.74 Å². The Balaban J connectivity index is 1.71. The topological polar surface area (TPSA) is 96.0 Å². The minimum absolute atomic E-state index is 0.107. The van der Waals surface area contributed by atoms with Gasteiger partial charge in [-0.25, -0.2) is 0 Å². The molecule has 0 aromatic heterocycles. The molecule has 36 heavy (non-hydrogen) atoms. The van der Waals surface area contributed by atoms with Crippen molar-refractivity contribution in [2.75, 3.05) is 20.2 Å². The summed E-state index contributed by atoms with van der Waals surface area (Å²) >= 11 is 0. The Morgan fingerprint density at radius 3 is 2.31 bits per heavy atom. The van der Waals surface area contributed by atoms with Crippen LogP contribution in [0.15, 0.2) is 48.5 Å². The number of carbonyl (C=O) groups is 4. The fourth-order valence-corrected chi connectivity index (χ4v) is 4.37. The van der Waals surface area contributed by atoms with Gasteiger partial charge in [0.1, 0.15) is 11.8 Å². The minimum atomic E-state index is -0.625. The molecule has 2 aromatic carbocycles. The number of amides is 4. The average molecular weight is 494 g/mol. The number of nitrogens with one attached hydrogen (secondary N) is 1. The van der Waals surface area contributed by atoms with Crippen molar-refractivity contribution in [1.82, 2.24) is 15.1 Å². The monoisotopic (exact) mass is 493 g/mol. The molecule has 0 saturated carbocycles. The highest BCUT2D eigenvalue weighted by molar-refractivity contribution is 6.21. The summed E-state index contributed by atoms with van der Waals surface area (Å²) in [4.78, 5) is 54.4. The molecule has 0 bridgehead atoms. The maximum atomic E-state index is 13.4. The molecule has 4 amide bonds. The standard InChI is InChI=1S/C28H35N3O5/c1-4-6-16-29-26(33)24(5-2)31(19-20-11-9-12-21(18-20)36-3)25(32)15-10-17-30-27(34)22-13-7-8-14-23(22)28(30)35/h7-9,11-14,18,24H,4-6,10,15-17,19H2,1-3H3,(H,29,33)/t24-/m0/s1. The third-order valence-corrected chi connectivity index (χ3v) is 6.35. The van der Waals surface area contributed by atoms with Crippen molar-refractivity contribution in [2.45, 2.75) is 58.5 Å². The fraction of sp³-hybridized carbons (Fsp3) is 0.429. The van der Waals surface area contributed by atoms with Crippen LogP contribution in [0.4, 0.5) is 0 Å². The molecular formula is C28H35N3O5. The number of fused-ring (bicyclic) bond motifs is 1. The molecule has 1 aliphatic heterocycles. The number of methoxy groups -OCH3 is 1. The number of hydrogen-bond acceptors (Lipinski definition) is 5. The van der Waals surface area contributed by atoms with Crippen LogP contribution in [-0.4, -0.2) is 59.7 Å². The van der Waals surface area contributed by atoms with E-state index in [9.17, 15) is 19.2 Å². The fourth-order valence-electron chi connectivity index (χ4n) is 4.37. The predicted molar refractivity (Wildman–Crippen MR) is 137 cm³/mol. The van der Waals surface area contributed by atoms with Gasteiger partial charge >= 0.3 is 0 Å². The van der Waals surface area contributed by atoms with Crippen LogP contribution in [0.25, 0.3) is 0 Å². The normalized spacial score (nSPS) is 13.4. The van der Waals surface area contributed by atoms with Gasteiger partial charge in [-0.2, -0.15) is 0 Å². The highest BCUT2D eigenvalue weighted by atomic mass is 16.5. The number of imide groups is 1. The second-order valence-electron chi connectivity index (χ2n) is 8.85. The summed E-state index contributed by atoms with van der Waals surface area (Å²) in [5.41, 5.74) is 1.63. The van der Waals surface area contributed by atoms with E-state index in [0.717, 1.165) is 18.4 Å². The van der Waals surface area contributed by atoms with Gasteiger partial charge in [0.15, 0.2) is 0 Å². The van der Waals surface area contributed by atoms with E-state index in [-0.39, 0.29) is 43.1 Å². The first-order valence-corrected chi connectivity index (χ1v) is 12.6. The van der Waals surface area contributed by atoms with Gasteiger partial charge < -0.3 is 15.0 Å². The van der Waals surface area contributed by atoms with Crippen LogP contribution in [-0.2, 0) is 16.1 Å². The van der Waals surface area contributed by atoms with Crippen LogP contribution in [0.5, 0.6) is 5.75 Å². The summed E-state index contributed by atoms with van der Waals surface area (Å²) < 4.78 is 5.31. The molecule has 0 unspecified atom stereocenters. The van der Waals surface area contributed by atoms with Crippen molar-refractivity contribution in [3.8, 4) is 5.75 Å². The second kappa shape index (κ2) is 12.9. The summed E-state index contributed by atoms with van der Waals surface area (Å²) in [7, 11) is 1.58. The number of ether oxygens (including phenoxy) is 1. The van der Waals surface area contributed by atoms with Gasteiger partial charge in [-0.15, -0.1) is 0 Å². The Labute approximate surface area is 212 Å². The van der Waals surface area contributed by atoms with E-state index in [0.29, 0.717) is 36.3 Å². The van der Waals surface area contributed by atoms with Crippen LogP contribution >= 0.6 is 0 Å². The van der Waals surface area contributed by atoms with Crippen molar-refractivity contribution in [2.24, 2.45) is 0 Å². The maximum absolute atomic E-state index is 13.4. The van der Waals surface area contributed by atoms with Crippen LogP contribution in [0.2, 0.25) is 0 Å². The average Bonchev–Trinajstić information content (AvgIpc) is 3.13. The summed E-state index contributed by atoms with van der Waals surface area (Å²) in [6.45, 7) is 4.89. The van der Waals surface area contributed by atoms with Gasteiger partial charge in [0.05, 0.1) is 18.2 Å². The lowest BCUT2D eigenvalue weighted by atomic mass is 10.1. The van der Waals surface area contributed by atoms with Gasteiger partial charge in [0, 0.05) is 26.1 Å². The summed E-state index contributed by atoms with van der Waals surface area (Å²) in [6.07, 6.45) is 2.71. The third kappa shape index (κ3) is 6.30. The molecule has 1 atom stereocenters. The molecule has 1 aliphatic rings. The first-order valence-electron chi connectivity index (χ1n) is 12.6. The number of carbonyl (C=O) groups excluding carboxylic acids is 4. The van der Waals surface area contributed by atoms with E-state index in [2.05, 4.69) is 12.2 Å². The van der Waals surface area contributed by atoms with E-state index in [1.54, 1.807) is 36.3 Å². The van der Waals surface area contributed by atoms with Gasteiger partial charge in [-0.05, 0) is 49.1 Å². The Hall–Kier alpha value is -3.68. The first-order chi connectivity index (χ1) is 17.4. The van der Waals surface area contributed by atoms with E-state index >= 15 is 0 Å². The van der Waals surface area contributed by atoms with E-state index < -0.39 is 6.04 Å². The van der Waals surface area contributed by atoms with E-state index in [1.165, 1.54) is 4.90 Å². The Morgan fingerprint density at radius 2 is 1.69 bits per heavy atom. The number of rotatable bonds is 13.